The van der Waals surface area contributed by atoms with Crippen LogP contribution < -0.4 is 5.73 Å². The Hall–Kier alpha value is -1.60. The van der Waals surface area contributed by atoms with Crippen molar-refractivity contribution in [3.05, 3.63) is 69.8 Å². The minimum absolute atomic E-state index is 0.120. The molecule has 0 spiro atoms. The Morgan fingerprint density at radius 3 is 2.30 bits per heavy atom. The summed E-state index contributed by atoms with van der Waals surface area (Å²) in [6, 6.07) is 13.3. The molecule has 20 heavy (non-hydrogen) atoms. The standard InChI is InChI=1S/C19H25N/c1-13-6-5-7-17(10-13)8-9-19(20)18-12-15(3)14(2)11-16(18)4/h5-7,10-12,19H,8-9,20H2,1-4H3. The van der Waals surface area contributed by atoms with Crippen LogP contribution in [0, 0.1) is 27.7 Å². The van der Waals surface area contributed by atoms with Crippen LogP contribution in [0.5, 0.6) is 0 Å². The van der Waals surface area contributed by atoms with Crippen LogP contribution in [0.25, 0.3) is 0 Å². The minimum atomic E-state index is 0.120. The minimum Gasteiger partial charge on any atom is -0.324 e. The Bertz CT molecular complexity index is 599. The first-order valence-electron chi connectivity index (χ1n) is 7.36. The Kier molecular flexibility index (Phi) is 4.61. The highest BCUT2D eigenvalue weighted by Crippen LogP contribution is 2.23. The SMILES string of the molecule is Cc1cccc(CCC(N)c2cc(C)c(C)cc2C)c1. The van der Waals surface area contributed by atoms with Crippen LogP contribution >= 0.6 is 0 Å². The second-order valence-corrected chi connectivity index (χ2v) is 5.93. The van der Waals surface area contributed by atoms with Crippen LogP contribution in [0.4, 0.5) is 0 Å². The first kappa shape index (κ1) is 14.8. The lowest BCUT2D eigenvalue weighted by atomic mass is 9.93. The molecule has 0 heterocycles. The van der Waals surface area contributed by atoms with Gasteiger partial charge in [0, 0.05) is 6.04 Å². The highest BCUT2D eigenvalue weighted by atomic mass is 14.6. The fourth-order valence-electron chi connectivity index (χ4n) is 2.73. The quantitative estimate of drug-likeness (QED) is 0.864. The van der Waals surface area contributed by atoms with Gasteiger partial charge < -0.3 is 5.73 Å². The van der Waals surface area contributed by atoms with E-state index in [2.05, 4.69) is 64.1 Å². The molecule has 2 aromatic carbocycles. The summed E-state index contributed by atoms with van der Waals surface area (Å²) >= 11 is 0. The molecule has 0 aliphatic carbocycles. The molecule has 2 rings (SSSR count). The third kappa shape index (κ3) is 3.49. The molecule has 0 amide bonds. The van der Waals surface area contributed by atoms with E-state index in [1.54, 1.807) is 0 Å². The van der Waals surface area contributed by atoms with Gasteiger partial charge in [-0.3, -0.25) is 0 Å². The summed E-state index contributed by atoms with van der Waals surface area (Å²) < 4.78 is 0. The van der Waals surface area contributed by atoms with E-state index in [-0.39, 0.29) is 6.04 Å². The molecule has 0 saturated carbocycles. The molecule has 0 bridgehead atoms. The van der Waals surface area contributed by atoms with E-state index in [0.29, 0.717) is 0 Å². The molecule has 0 aromatic heterocycles. The summed E-state index contributed by atoms with van der Waals surface area (Å²) in [5, 5.41) is 0. The first-order valence-corrected chi connectivity index (χ1v) is 7.36. The van der Waals surface area contributed by atoms with Crippen LogP contribution in [-0.2, 0) is 6.42 Å². The molecule has 0 fully saturated rings. The topological polar surface area (TPSA) is 26.0 Å². The van der Waals surface area contributed by atoms with Gasteiger partial charge in [-0.2, -0.15) is 0 Å². The zero-order chi connectivity index (χ0) is 14.7. The van der Waals surface area contributed by atoms with E-state index in [0.717, 1.165) is 12.8 Å². The maximum atomic E-state index is 6.40. The van der Waals surface area contributed by atoms with Crippen molar-refractivity contribution < 1.29 is 0 Å². The van der Waals surface area contributed by atoms with Gasteiger partial charge in [0.05, 0.1) is 0 Å². The number of rotatable bonds is 4. The zero-order valence-corrected chi connectivity index (χ0v) is 13.0. The normalized spacial score (nSPS) is 12.4. The van der Waals surface area contributed by atoms with Crippen LogP contribution in [-0.4, -0.2) is 0 Å². The van der Waals surface area contributed by atoms with E-state index < -0.39 is 0 Å². The number of hydrogen-bond acceptors (Lipinski definition) is 1. The predicted molar refractivity (Wildman–Crippen MR) is 87.1 cm³/mol. The summed E-state index contributed by atoms with van der Waals surface area (Å²) in [6.07, 6.45) is 2.03. The van der Waals surface area contributed by atoms with Crippen LogP contribution in [0.3, 0.4) is 0 Å². The van der Waals surface area contributed by atoms with Gasteiger partial charge in [0.25, 0.3) is 0 Å². The molecule has 0 radical (unpaired) electrons. The average molecular weight is 267 g/mol. The van der Waals surface area contributed by atoms with Crippen molar-refractivity contribution in [1.29, 1.82) is 0 Å². The average Bonchev–Trinajstić information content (AvgIpc) is 2.40. The van der Waals surface area contributed by atoms with Gasteiger partial charge >= 0.3 is 0 Å². The smallest absolute Gasteiger partial charge is 0.0300 e. The van der Waals surface area contributed by atoms with Crippen molar-refractivity contribution in [2.75, 3.05) is 0 Å². The third-order valence-corrected chi connectivity index (χ3v) is 4.11. The number of hydrogen-bond donors (Lipinski definition) is 1. The molecule has 106 valence electrons. The summed E-state index contributed by atoms with van der Waals surface area (Å²) in [4.78, 5) is 0. The van der Waals surface area contributed by atoms with Crippen LogP contribution in [0.15, 0.2) is 36.4 Å². The van der Waals surface area contributed by atoms with E-state index >= 15 is 0 Å². The van der Waals surface area contributed by atoms with Crippen LogP contribution in [0.2, 0.25) is 0 Å². The van der Waals surface area contributed by atoms with Crippen molar-refractivity contribution in [1.82, 2.24) is 0 Å². The Balaban J connectivity index is 2.09. The molecule has 1 atom stereocenters. The third-order valence-electron chi connectivity index (χ3n) is 4.11. The zero-order valence-electron chi connectivity index (χ0n) is 13.0. The second-order valence-electron chi connectivity index (χ2n) is 5.93. The van der Waals surface area contributed by atoms with Crippen molar-refractivity contribution in [2.45, 2.75) is 46.6 Å². The second kappa shape index (κ2) is 6.23. The lowest BCUT2D eigenvalue weighted by Crippen LogP contribution is -2.13. The fraction of sp³-hybridized carbons (Fsp3) is 0.368. The monoisotopic (exact) mass is 267 g/mol. The van der Waals surface area contributed by atoms with Gasteiger partial charge in [-0.1, -0.05) is 42.0 Å². The molecule has 2 N–H and O–H groups in total. The Morgan fingerprint density at radius 2 is 1.60 bits per heavy atom. The first-order chi connectivity index (χ1) is 9.47. The summed E-state index contributed by atoms with van der Waals surface area (Å²) in [5.74, 6) is 0. The molecule has 1 unspecified atom stereocenters. The summed E-state index contributed by atoms with van der Waals surface area (Å²) in [6.45, 7) is 8.61. The van der Waals surface area contributed by atoms with Crippen molar-refractivity contribution >= 4 is 0 Å². The highest BCUT2D eigenvalue weighted by Gasteiger charge is 2.10. The van der Waals surface area contributed by atoms with E-state index in [1.807, 2.05) is 0 Å². The Morgan fingerprint density at radius 1 is 0.900 bits per heavy atom. The van der Waals surface area contributed by atoms with Gasteiger partial charge in [-0.15, -0.1) is 0 Å². The van der Waals surface area contributed by atoms with Crippen LogP contribution in [0.1, 0.15) is 45.8 Å². The molecular weight excluding hydrogens is 242 g/mol. The summed E-state index contributed by atoms with van der Waals surface area (Å²) in [5.41, 5.74) is 14.4. The lowest BCUT2D eigenvalue weighted by molar-refractivity contribution is 0.647. The molecule has 0 aliphatic heterocycles. The van der Waals surface area contributed by atoms with E-state index in [1.165, 1.54) is 33.4 Å². The van der Waals surface area contributed by atoms with E-state index in [9.17, 15) is 0 Å². The molecule has 1 nitrogen and oxygen atoms in total. The van der Waals surface area contributed by atoms with Gasteiger partial charge in [-0.05, 0) is 68.4 Å². The van der Waals surface area contributed by atoms with Crippen molar-refractivity contribution in [3.63, 3.8) is 0 Å². The molecule has 0 saturated heterocycles. The molecule has 2 aromatic rings. The highest BCUT2D eigenvalue weighted by molar-refractivity contribution is 5.38. The van der Waals surface area contributed by atoms with Gasteiger partial charge in [-0.25, -0.2) is 0 Å². The van der Waals surface area contributed by atoms with Crippen molar-refractivity contribution in [3.8, 4) is 0 Å². The fourth-order valence-corrected chi connectivity index (χ4v) is 2.73. The van der Waals surface area contributed by atoms with Gasteiger partial charge in [0.15, 0.2) is 0 Å². The van der Waals surface area contributed by atoms with Gasteiger partial charge in [0.2, 0.25) is 0 Å². The van der Waals surface area contributed by atoms with Gasteiger partial charge in [0.1, 0.15) is 0 Å². The lowest BCUT2D eigenvalue weighted by Gasteiger charge is -2.17. The number of benzene rings is 2. The van der Waals surface area contributed by atoms with Crippen molar-refractivity contribution in [2.24, 2.45) is 5.73 Å². The molecule has 0 aliphatic rings. The molecular formula is C19H25N. The maximum absolute atomic E-state index is 6.40. The number of aryl methyl sites for hydroxylation is 5. The molecule has 1 heteroatoms. The Labute approximate surface area is 122 Å². The maximum Gasteiger partial charge on any atom is 0.0300 e. The number of nitrogens with two attached hydrogens (primary N) is 1. The largest absolute Gasteiger partial charge is 0.324 e. The summed E-state index contributed by atoms with van der Waals surface area (Å²) in [7, 11) is 0. The predicted octanol–water partition coefficient (Wildman–Crippen LogP) is 4.55. The van der Waals surface area contributed by atoms with E-state index in [4.69, 9.17) is 5.73 Å².